The van der Waals surface area contributed by atoms with Crippen LogP contribution in [0.4, 0.5) is 5.69 Å². The Morgan fingerprint density at radius 2 is 2.00 bits per heavy atom. The summed E-state index contributed by atoms with van der Waals surface area (Å²) in [5.41, 5.74) is 2.11. The van der Waals surface area contributed by atoms with Crippen LogP contribution in [0.2, 0.25) is 0 Å². The second-order valence-electron chi connectivity index (χ2n) is 5.63. The minimum absolute atomic E-state index is 0.0622. The molecule has 0 bridgehead atoms. The highest BCUT2D eigenvalue weighted by atomic mass is 16.3. The highest BCUT2D eigenvalue weighted by Gasteiger charge is 2.18. The third-order valence-corrected chi connectivity index (χ3v) is 3.87. The molecule has 128 valence electrons. The third-order valence-electron chi connectivity index (χ3n) is 3.87. The summed E-state index contributed by atoms with van der Waals surface area (Å²) >= 11 is 0. The summed E-state index contributed by atoms with van der Waals surface area (Å²) in [5, 5.41) is 16.2. The molecule has 2 heterocycles. The Morgan fingerprint density at radius 3 is 2.76 bits per heavy atom. The van der Waals surface area contributed by atoms with Gasteiger partial charge in [-0.05, 0) is 18.2 Å². The van der Waals surface area contributed by atoms with E-state index >= 15 is 0 Å². The van der Waals surface area contributed by atoms with E-state index in [-0.39, 0.29) is 6.54 Å². The second kappa shape index (κ2) is 7.14. The van der Waals surface area contributed by atoms with E-state index in [9.17, 15) is 14.7 Å². The number of hydrogen-bond donors (Lipinski definition) is 3. The smallest absolute Gasteiger partial charge is 0.313 e. The second-order valence-corrected chi connectivity index (χ2v) is 5.63. The Kier molecular flexibility index (Phi) is 4.76. The lowest BCUT2D eigenvalue weighted by molar-refractivity contribution is -0.136. The fourth-order valence-electron chi connectivity index (χ4n) is 2.64. The van der Waals surface area contributed by atoms with Gasteiger partial charge in [0.1, 0.15) is 0 Å². The minimum atomic E-state index is -0.916. The van der Waals surface area contributed by atoms with Crippen molar-refractivity contribution in [1.82, 2.24) is 14.9 Å². The van der Waals surface area contributed by atoms with Crippen molar-refractivity contribution in [1.29, 1.82) is 0 Å². The summed E-state index contributed by atoms with van der Waals surface area (Å²) in [4.78, 5) is 27.6. The lowest BCUT2D eigenvalue weighted by atomic mass is 10.1. The Morgan fingerprint density at radius 1 is 1.20 bits per heavy atom. The number of pyridine rings is 1. The fraction of sp³-hybridized carbons (Fsp3) is 0.167. The normalized spacial score (nSPS) is 11.9. The third kappa shape index (κ3) is 3.67. The minimum Gasteiger partial charge on any atom is -0.386 e. The van der Waals surface area contributed by atoms with Crippen LogP contribution in [0.15, 0.2) is 55.0 Å². The SMILES string of the molecule is Cn1cc(C(O)CNC(=O)C(=O)Nc2cccnc2)c2ccccc21. The van der Waals surface area contributed by atoms with Crippen LogP contribution < -0.4 is 10.6 Å². The number of aliphatic hydroxyl groups is 1. The number of aromatic nitrogens is 2. The fourth-order valence-corrected chi connectivity index (χ4v) is 2.64. The van der Waals surface area contributed by atoms with Gasteiger partial charge in [-0.25, -0.2) is 0 Å². The molecule has 0 saturated heterocycles. The van der Waals surface area contributed by atoms with Crippen LogP contribution in [0.25, 0.3) is 10.9 Å². The molecule has 3 aromatic rings. The van der Waals surface area contributed by atoms with Crippen LogP contribution >= 0.6 is 0 Å². The molecule has 7 nitrogen and oxygen atoms in total. The summed E-state index contributed by atoms with van der Waals surface area (Å²) in [6, 6.07) is 10.9. The summed E-state index contributed by atoms with van der Waals surface area (Å²) < 4.78 is 1.91. The van der Waals surface area contributed by atoms with Crippen molar-refractivity contribution in [2.24, 2.45) is 7.05 Å². The maximum Gasteiger partial charge on any atom is 0.313 e. The van der Waals surface area contributed by atoms with E-state index in [1.54, 1.807) is 18.3 Å². The largest absolute Gasteiger partial charge is 0.386 e. The summed E-state index contributed by atoms with van der Waals surface area (Å²) in [6.07, 6.45) is 3.91. The first-order chi connectivity index (χ1) is 12.1. The molecule has 0 saturated carbocycles. The lowest BCUT2D eigenvalue weighted by Crippen LogP contribution is -2.37. The number of nitrogens with zero attached hydrogens (tertiary/aromatic N) is 2. The van der Waals surface area contributed by atoms with Crippen LogP contribution in [-0.4, -0.2) is 33.0 Å². The van der Waals surface area contributed by atoms with Crippen molar-refractivity contribution in [3.63, 3.8) is 0 Å². The van der Waals surface area contributed by atoms with E-state index < -0.39 is 17.9 Å². The van der Waals surface area contributed by atoms with Crippen LogP contribution in [0.1, 0.15) is 11.7 Å². The van der Waals surface area contributed by atoms with Gasteiger partial charge in [0.05, 0.1) is 18.0 Å². The molecule has 3 rings (SSSR count). The van der Waals surface area contributed by atoms with Gasteiger partial charge in [0, 0.05) is 42.5 Å². The number of carbonyl (C=O) groups excluding carboxylic acids is 2. The van der Waals surface area contributed by atoms with Crippen molar-refractivity contribution in [3.8, 4) is 0 Å². The summed E-state index contributed by atoms with van der Waals surface area (Å²) in [7, 11) is 1.89. The van der Waals surface area contributed by atoms with Crippen LogP contribution in [0.5, 0.6) is 0 Å². The van der Waals surface area contributed by atoms with Gasteiger partial charge in [-0.2, -0.15) is 0 Å². The maximum absolute atomic E-state index is 11.9. The van der Waals surface area contributed by atoms with Crippen molar-refractivity contribution < 1.29 is 14.7 Å². The van der Waals surface area contributed by atoms with E-state index in [0.717, 1.165) is 10.9 Å². The first-order valence-corrected chi connectivity index (χ1v) is 7.77. The Bertz CT molecular complexity index is 905. The summed E-state index contributed by atoms with van der Waals surface area (Å²) in [6.45, 7) is -0.0622. The van der Waals surface area contributed by atoms with E-state index in [0.29, 0.717) is 11.3 Å². The number of benzene rings is 1. The van der Waals surface area contributed by atoms with Crippen molar-refractivity contribution >= 4 is 28.4 Å². The molecule has 0 radical (unpaired) electrons. The number of anilines is 1. The van der Waals surface area contributed by atoms with E-state index in [2.05, 4.69) is 15.6 Å². The van der Waals surface area contributed by atoms with E-state index in [4.69, 9.17) is 0 Å². The molecule has 3 N–H and O–H groups in total. The van der Waals surface area contributed by atoms with Gasteiger partial charge in [0.25, 0.3) is 0 Å². The predicted octanol–water partition coefficient (Wildman–Crippen LogP) is 1.36. The zero-order chi connectivity index (χ0) is 17.8. The van der Waals surface area contributed by atoms with Gasteiger partial charge in [0.2, 0.25) is 0 Å². The average Bonchev–Trinajstić information content (AvgIpc) is 2.97. The quantitative estimate of drug-likeness (QED) is 0.626. The molecule has 0 spiro atoms. The molecular weight excluding hydrogens is 320 g/mol. The molecule has 1 aromatic carbocycles. The predicted molar refractivity (Wildman–Crippen MR) is 93.8 cm³/mol. The molecule has 0 fully saturated rings. The number of fused-ring (bicyclic) bond motifs is 1. The number of amides is 2. The standard InChI is InChI=1S/C18H18N4O3/c1-22-11-14(13-6-2-3-7-15(13)22)16(23)10-20-17(24)18(25)21-12-5-4-8-19-9-12/h2-9,11,16,23H,10H2,1H3,(H,20,24)(H,21,25). The first kappa shape index (κ1) is 16.7. The van der Waals surface area contributed by atoms with Crippen molar-refractivity contribution in [3.05, 3.63) is 60.6 Å². The number of aliphatic hydroxyl groups excluding tert-OH is 1. The van der Waals surface area contributed by atoms with Gasteiger partial charge in [-0.3, -0.25) is 14.6 Å². The van der Waals surface area contributed by atoms with Crippen LogP contribution in [0, 0.1) is 0 Å². The van der Waals surface area contributed by atoms with Gasteiger partial charge in [0.15, 0.2) is 0 Å². The number of aryl methyl sites for hydroxylation is 1. The Hall–Kier alpha value is -3.19. The number of rotatable bonds is 4. The van der Waals surface area contributed by atoms with Gasteiger partial charge < -0.3 is 20.3 Å². The maximum atomic E-state index is 11.9. The number of nitrogens with one attached hydrogen (secondary N) is 2. The molecular formula is C18H18N4O3. The molecule has 2 aromatic heterocycles. The highest BCUT2D eigenvalue weighted by Crippen LogP contribution is 2.25. The Labute approximate surface area is 144 Å². The van der Waals surface area contributed by atoms with Crippen LogP contribution in [-0.2, 0) is 16.6 Å². The molecule has 2 amide bonds. The topological polar surface area (TPSA) is 96.2 Å². The monoisotopic (exact) mass is 338 g/mol. The van der Waals surface area contributed by atoms with E-state index in [1.165, 1.54) is 6.20 Å². The van der Waals surface area contributed by atoms with E-state index in [1.807, 2.05) is 42.1 Å². The Balaban J connectivity index is 1.62. The molecule has 1 atom stereocenters. The molecule has 0 aliphatic carbocycles. The molecule has 1 unspecified atom stereocenters. The van der Waals surface area contributed by atoms with Crippen LogP contribution in [0.3, 0.4) is 0 Å². The average molecular weight is 338 g/mol. The summed E-state index contributed by atoms with van der Waals surface area (Å²) in [5.74, 6) is -1.62. The highest BCUT2D eigenvalue weighted by molar-refractivity contribution is 6.39. The molecule has 7 heteroatoms. The number of para-hydroxylation sites is 1. The zero-order valence-corrected chi connectivity index (χ0v) is 13.6. The number of carbonyl (C=O) groups is 2. The van der Waals surface area contributed by atoms with Gasteiger partial charge in [-0.1, -0.05) is 18.2 Å². The molecule has 0 aliphatic heterocycles. The van der Waals surface area contributed by atoms with Gasteiger partial charge >= 0.3 is 11.8 Å². The van der Waals surface area contributed by atoms with Crippen molar-refractivity contribution in [2.45, 2.75) is 6.10 Å². The molecule has 0 aliphatic rings. The van der Waals surface area contributed by atoms with Crippen molar-refractivity contribution in [2.75, 3.05) is 11.9 Å². The number of hydrogen-bond acceptors (Lipinski definition) is 4. The lowest BCUT2D eigenvalue weighted by Gasteiger charge is -2.11. The van der Waals surface area contributed by atoms with Gasteiger partial charge in [-0.15, -0.1) is 0 Å². The zero-order valence-electron chi connectivity index (χ0n) is 13.6. The molecule has 25 heavy (non-hydrogen) atoms. The first-order valence-electron chi connectivity index (χ1n) is 7.77.